The van der Waals surface area contributed by atoms with Gasteiger partial charge in [-0.3, -0.25) is 4.90 Å². The van der Waals surface area contributed by atoms with Crippen molar-refractivity contribution in [3.8, 4) is 28.9 Å². The number of phenolic OH excluding ortho intramolecular Hbond substituents is 1. The molecule has 0 bridgehead atoms. The molecule has 0 radical (unpaired) electrons. The number of anilines is 1. The molecule has 7 rings (SSSR count). The van der Waals surface area contributed by atoms with Crippen molar-refractivity contribution in [2.75, 3.05) is 58.0 Å². The number of ether oxygens (including phenoxy) is 3. The molecular weight excluding hydrogens is 643 g/mol. The number of fused-ring (bicyclic) bond motifs is 3. The van der Waals surface area contributed by atoms with Gasteiger partial charge < -0.3 is 34.4 Å². The third-order valence-corrected chi connectivity index (χ3v) is 9.27. The van der Waals surface area contributed by atoms with Crippen LogP contribution in [0.5, 0.6) is 17.6 Å². The Morgan fingerprint density at radius 2 is 1.94 bits per heavy atom. The van der Waals surface area contributed by atoms with Gasteiger partial charge in [0.1, 0.15) is 40.6 Å². The number of aliphatic hydroxyl groups is 2. The van der Waals surface area contributed by atoms with Crippen LogP contribution in [0.3, 0.4) is 0 Å². The number of benzene rings is 2. The van der Waals surface area contributed by atoms with E-state index < -0.39 is 29.4 Å². The minimum atomic E-state index is -0.971. The first-order valence-corrected chi connectivity index (χ1v) is 16.4. The molecule has 0 aliphatic carbocycles. The normalized spacial score (nSPS) is 23.4. The van der Waals surface area contributed by atoms with Crippen LogP contribution in [0.15, 0.2) is 42.2 Å². The molecule has 4 aromatic rings. The summed E-state index contributed by atoms with van der Waals surface area (Å²) in [6.07, 6.45) is 1.13. The highest BCUT2D eigenvalue weighted by molar-refractivity contribution is 6.02. The number of halogens is 3. The highest BCUT2D eigenvalue weighted by atomic mass is 19.1. The van der Waals surface area contributed by atoms with Crippen LogP contribution in [-0.2, 0) is 4.74 Å². The smallest absolute Gasteiger partial charge is 0.319 e. The maximum absolute atomic E-state index is 16.9. The van der Waals surface area contributed by atoms with Gasteiger partial charge in [-0.15, -0.1) is 0 Å². The second-order valence-electron chi connectivity index (χ2n) is 12.3. The van der Waals surface area contributed by atoms with E-state index >= 15 is 8.78 Å². The molecule has 2 aromatic heterocycles. The molecule has 262 valence electrons. The number of pyridine rings is 1. The second-order valence-corrected chi connectivity index (χ2v) is 12.3. The molecule has 3 aliphatic heterocycles. The van der Waals surface area contributed by atoms with Gasteiger partial charge in [0.25, 0.3) is 0 Å². The molecule has 3 atom stereocenters. The monoisotopic (exact) mass is 683 g/mol. The van der Waals surface area contributed by atoms with Gasteiger partial charge >= 0.3 is 6.01 Å². The summed E-state index contributed by atoms with van der Waals surface area (Å²) in [5.74, 6) is -1.79. The summed E-state index contributed by atoms with van der Waals surface area (Å²) in [6.45, 7) is 5.10. The van der Waals surface area contributed by atoms with E-state index in [1.807, 2.05) is 13.8 Å². The number of hydrogen-bond donors (Lipinski definition) is 3. The molecular formula is C35H40F3N5O6. The number of β-amino-alcohol motifs (C(OH)–C–C–N with tert-alkyl or cyclic N) is 1. The van der Waals surface area contributed by atoms with Crippen LogP contribution in [-0.4, -0.2) is 106 Å². The number of methoxy groups -OCH3 is 1. The van der Waals surface area contributed by atoms with E-state index in [1.54, 1.807) is 11.0 Å². The number of rotatable bonds is 7. The van der Waals surface area contributed by atoms with Crippen LogP contribution in [0, 0.1) is 11.6 Å². The lowest BCUT2D eigenvalue weighted by atomic mass is 9.94. The molecule has 2 unspecified atom stereocenters. The predicted molar refractivity (Wildman–Crippen MR) is 178 cm³/mol. The van der Waals surface area contributed by atoms with Gasteiger partial charge in [-0.05, 0) is 55.0 Å². The summed E-state index contributed by atoms with van der Waals surface area (Å²) in [7, 11) is 1.33. The van der Waals surface area contributed by atoms with Crippen molar-refractivity contribution in [3.63, 3.8) is 0 Å². The zero-order chi connectivity index (χ0) is 34.9. The highest BCUT2D eigenvalue weighted by Crippen LogP contribution is 2.44. The van der Waals surface area contributed by atoms with Gasteiger partial charge in [-0.1, -0.05) is 26.0 Å². The molecule has 0 amide bonds. The summed E-state index contributed by atoms with van der Waals surface area (Å²) < 4.78 is 63.1. The van der Waals surface area contributed by atoms with Gasteiger partial charge in [-0.25, -0.2) is 18.2 Å². The second kappa shape index (κ2) is 14.3. The Labute approximate surface area is 281 Å². The molecule has 3 fully saturated rings. The zero-order valence-corrected chi connectivity index (χ0v) is 27.6. The average molecular weight is 684 g/mol. The Balaban J connectivity index is 0.00000205. The number of aromatic hydroxyl groups is 1. The maximum atomic E-state index is 16.9. The largest absolute Gasteiger partial charge is 0.508 e. The first-order valence-electron chi connectivity index (χ1n) is 16.4. The van der Waals surface area contributed by atoms with Crippen LogP contribution >= 0.6 is 0 Å². The van der Waals surface area contributed by atoms with Gasteiger partial charge in [0.15, 0.2) is 5.82 Å². The lowest BCUT2D eigenvalue weighted by Gasteiger charge is -2.31. The third kappa shape index (κ3) is 6.45. The van der Waals surface area contributed by atoms with E-state index in [2.05, 4.69) is 19.9 Å². The third-order valence-electron chi connectivity index (χ3n) is 9.27. The van der Waals surface area contributed by atoms with Crippen LogP contribution in [0.4, 0.5) is 19.0 Å². The fourth-order valence-corrected chi connectivity index (χ4v) is 7.14. The van der Waals surface area contributed by atoms with E-state index in [0.717, 1.165) is 19.4 Å². The number of hydrogen-bond acceptors (Lipinski definition) is 11. The maximum Gasteiger partial charge on any atom is 0.319 e. The molecule has 2 aromatic carbocycles. The van der Waals surface area contributed by atoms with E-state index in [1.165, 1.54) is 31.4 Å². The van der Waals surface area contributed by atoms with Gasteiger partial charge in [0, 0.05) is 30.6 Å². The fraction of sp³-hybridized carbons (Fsp3) is 0.457. The van der Waals surface area contributed by atoms with Crippen LogP contribution in [0.25, 0.3) is 32.9 Å². The molecule has 11 nitrogen and oxygen atoms in total. The summed E-state index contributed by atoms with van der Waals surface area (Å²) in [4.78, 5) is 17.4. The summed E-state index contributed by atoms with van der Waals surface area (Å²) >= 11 is 0. The number of nitrogens with zero attached hydrogens (tertiary/aromatic N) is 5. The molecule has 3 N–H and O–H groups in total. The van der Waals surface area contributed by atoms with Gasteiger partial charge in [0.2, 0.25) is 5.88 Å². The van der Waals surface area contributed by atoms with E-state index in [-0.39, 0.29) is 83.9 Å². The molecule has 14 heteroatoms. The zero-order valence-electron chi connectivity index (χ0n) is 27.6. The van der Waals surface area contributed by atoms with Crippen molar-refractivity contribution in [1.82, 2.24) is 19.9 Å². The van der Waals surface area contributed by atoms with E-state index in [9.17, 15) is 19.7 Å². The predicted octanol–water partition coefficient (Wildman–Crippen LogP) is 4.89. The van der Waals surface area contributed by atoms with Gasteiger partial charge in [0.05, 0.1) is 44.4 Å². The van der Waals surface area contributed by atoms with E-state index in [0.29, 0.717) is 30.3 Å². The number of phenols is 1. The highest BCUT2D eigenvalue weighted by Gasteiger charge is 2.47. The van der Waals surface area contributed by atoms with Crippen LogP contribution in [0.1, 0.15) is 33.1 Å². The van der Waals surface area contributed by atoms with Gasteiger partial charge in [-0.2, -0.15) is 9.97 Å². The van der Waals surface area contributed by atoms with E-state index in [4.69, 9.17) is 14.2 Å². The van der Waals surface area contributed by atoms with Crippen LogP contribution < -0.4 is 14.4 Å². The first-order chi connectivity index (χ1) is 23.7. The minimum absolute atomic E-state index is 0.0132. The molecule has 3 saturated heterocycles. The number of aliphatic hydroxyl groups excluding tert-OH is 2. The summed E-state index contributed by atoms with van der Waals surface area (Å²) in [5.41, 5.74) is -0.398. The van der Waals surface area contributed by atoms with Crippen molar-refractivity contribution < 1.29 is 42.7 Å². The Morgan fingerprint density at radius 3 is 2.69 bits per heavy atom. The van der Waals surface area contributed by atoms with Crippen LogP contribution in [0.2, 0.25) is 0 Å². The lowest BCUT2D eigenvalue weighted by molar-refractivity contribution is -0.0106. The first kappa shape index (κ1) is 34.6. The van der Waals surface area contributed by atoms with Crippen molar-refractivity contribution in [2.45, 2.75) is 50.9 Å². The molecule has 3 aliphatic rings. The molecule has 49 heavy (non-hydrogen) atoms. The lowest BCUT2D eigenvalue weighted by Crippen LogP contribution is -2.43. The van der Waals surface area contributed by atoms with Crippen molar-refractivity contribution >= 4 is 27.5 Å². The SMILES string of the molecule is CC.COc1nc(-c2cc(O)cc3cccc(F)c23)c(F)c2nc(OCC34CCCN3C/C(=C\F)C4)nc(N3CC(O)CO[C@@H](CO)C3)c12. The summed E-state index contributed by atoms with van der Waals surface area (Å²) in [6, 6.07) is 6.71. The molecule has 5 heterocycles. The quantitative estimate of drug-likeness (QED) is 0.246. The van der Waals surface area contributed by atoms with Crippen molar-refractivity contribution in [1.29, 1.82) is 0 Å². The molecule has 0 spiro atoms. The fourth-order valence-electron chi connectivity index (χ4n) is 7.14. The average Bonchev–Trinajstić information content (AvgIpc) is 3.59. The Bertz CT molecular complexity index is 1880. The molecule has 0 saturated carbocycles. The number of aromatic nitrogens is 3. The summed E-state index contributed by atoms with van der Waals surface area (Å²) in [5, 5.41) is 31.5. The Kier molecular flexibility index (Phi) is 10.1. The Hall–Kier alpha value is -4.24. The van der Waals surface area contributed by atoms with Crippen molar-refractivity contribution in [2.24, 2.45) is 0 Å². The minimum Gasteiger partial charge on any atom is -0.508 e. The standard InChI is InChI=1S/C33H34F3N5O6.C2H6/c1-45-31-26-29(27(36)28(37-31)23-9-20(43)8-19-4-2-5-24(35)25(19)23)38-32(39-30(26)40-13-21(44)16-46-22(14-40)15-42)47-17-33-6-3-7-41(33)12-18(10-33)11-34;1-2/h2,4-5,8-9,11,21-22,42-44H,3,6-7,10,12-17H2,1H3;1-2H3/b18-11-;/t21?,22-,33?;/m1./s1. The Morgan fingerprint density at radius 1 is 1.12 bits per heavy atom. The topological polar surface area (TPSA) is 134 Å². The van der Waals surface area contributed by atoms with Crippen molar-refractivity contribution in [3.05, 3.63) is 53.9 Å².